The van der Waals surface area contributed by atoms with E-state index in [1.807, 2.05) is 6.08 Å². The Kier molecular flexibility index (Phi) is 3.36. The molecule has 0 aliphatic carbocycles. The molecule has 0 spiro atoms. The van der Waals surface area contributed by atoms with E-state index < -0.39 is 6.10 Å². The van der Waals surface area contributed by atoms with Gasteiger partial charge in [-0.3, -0.25) is 4.90 Å². The molecule has 96 valence electrons. The number of rotatable bonds is 2. The summed E-state index contributed by atoms with van der Waals surface area (Å²) in [5, 5.41) is 10.3. The maximum atomic E-state index is 10.3. The number of aliphatic hydroxyl groups is 1. The molecule has 0 aromatic heterocycles. The van der Waals surface area contributed by atoms with Gasteiger partial charge in [-0.2, -0.15) is 0 Å². The van der Waals surface area contributed by atoms with Crippen LogP contribution < -0.4 is 0 Å². The number of hydrogen-bond donors (Lipinski definition) is 1. The highest BCUT2D eigenvalue weighted by Crippen LogP contribution is 2.26. The van der Waals surface area contributed by atoms with Gasteiger partial charge in [0.05, 0.1) is 13.2 Å². The van der Waals surface area contributed by atoms with Crippen LogP contribution in [-0.2, 0) is 9.47 Å². The lowest BCUT2D eigenvalue weighted by atomic mass is 10.1. The van der Waals surface area contributed by atoms with E-state index >= 15 is 0 Å². The molecule has 4 nitrogen and oxygen atoms in total. The molecule has 17 heavy (non-hydrogen) atoms. The lowest BCUT2D eigenvalue weighted by Gasteiger charge is -2.37. The van der Waals surface area contributed by atoms with E-state index in [1.54, 1.807) is 0 Å². The highest BCUT2D eigenvalue weighted by Gasteiger charge is 2.37. The third-order valence-corrected chi connectivity index (χ3v) is 4.02. The van der Waals surface area contributed by atoms with Gasteiger partial charge in [0.2, 0.25) is 0 Å². The Morgan fingerprint density at radius 1 is 1.41 bits per heavy atom. The van der Waals surface area contributed by atoms with E-state index in [9.17, 15) is 5.11 Å². The summed E-state index contributed by atoms with van der Waals surface area (Å²) < 4.78 is 11.3. The van der Waals surface area contributed by atoms with Gasteiger partial charge >= 0.3 is 0 Å². The van der Waals surface area contributed by atoms with Crippen molar-refractivity contribution in [3.63, 3.8) is 0 Å². The molecule has 3 aliphatic rings. The van der Waals surface area contributed by atoms with Gasteiger partial charge < -0.3 is 14.6 Å². The van der Waals surface area contributed by atoms with Crippen molar-refractivity contribution in [3.8, 4) is 0 Å². The smallest absolute Gasteiger partial charge is 0.138 e. The van der Waals surface area contributed by atoms with E-state index in [0.29, 0.717) is 6.04 Å². The Labute approximate surface area is 102 Å². The molecule has 4 heteroatoms. The average Bonchev–Trinajstić information content (AvgIpc) is 2.86. The Morgan fingerprint density at radius 3 is 3.18 bits per heavy atom. The largest absolute Gasteiger partial charge is 0.495 e. The molecule has 3 unspecified atom stereocenters. The van der Waals surface area contributed by atoms with E-state index in [0.717, 1.165) is 44.9 Å². The molecule has 0 aromatic carbocycles. The van der Waals surface area contributed by atoms with E-state index in [2.05, 4.69) is 4.90 Å². The minimum absolute atomic E-state index is 0.117. The number of ether oxygens (including phenoxy) is 2. The second kappa shape index (κ2) is 4.96. The number of hydrogen-bond acceptors (Lipinski definition) is 4. The molecule has 3 heterocycles. The molecule has 1 N–H and O–H groups in total. The molecule has 0 radical (unpaired) electrons. The van der Waals surface area contributed by atoms with Crippen molar-refractivity contribution < 1.29 is 14.6 Å². The zero-order valence-corrected chi connectivity index (χ0v) is 10.2. The highest BCUT2D eigenvalue weighted by atomic mass is 16.5. The van der Waals surface area contributed by atoms with Crippen LogP contribution in [0, 0.1) is 0 Å². The van der Waals surface area contributed by atoms with Crippen LogP contribution in [0.25, 0.3) is 0 Å². The third kappa shape index (κ3) is 2.34. The van der Waals surface area contributed by atoms with Crippen LogP contribution in [0.5, 0.6) is 0 Å². The monoisotopic (exact) mass is 239 g/mol. The molecule has 0 amide bonds. The Morgan fingerprint density at radius 2 is 2.35 bits per heavy atom. The number of nitrogens with zero attached hydrogens (tertiary/aromatic N) is 1. The van der Waals surface area contributed by atoms with Gasteiger partial charge in [0.25, 0.3) is 0 Å². The molecular formula is C13H21NO3. The van der Waals surface area contributed by atoms with Gasteiger partial charge in [-0.25, -0.2) is 0 Å². The lowest BCUT2D eigenvalue weighted by molar-refractivity contribution is -0.104. The van der Waals surface area contributed by atoms with Crippen molar-refractivity contribution in [2.75, 3.05) is 26.3 Å². The lowest BCUT2D eigenvalue weighted by Crippen LogP contribution is -2.51. The molecule has 0 saturated carbocycles. The van der Waals surface area contributed by atoms with Crippen molar-refractivity contribution in [2.24, 2.45) is 0 Å². The van der Waals surface area contributed by atoms with Crippen molar-refractivity contribution in [2.45, 2.75) is 43.9 Å². The number of allylic oxidation sites excluding steroid dienone is 1. The van der Waals surface area contributed by atoms with Crippen LogP contribution in [0.2, 0.25) is 0 Å². The number of morpholine rings is 1. The third-order valence-electron chi connectivity index (χ3n) is 4.02. The molecule has 2 saturated heterocycles. The summed E-state index contributed by atoms with van der Waals surface area (Å²) in [6, 6.07) is 0.583. The first-order valence-electron chi connectivity index (χ1n) is 6.71. The summed E-state index contributed by atoms with van der Waals surface area (Å²) >= 11 is 0. The minimum Gasteiger partial charge on any atom is -0.495 e. The summed E-state index contributed by atoms with van der Waals surface area (Å²) in [6.45, 7) is 3.47. The molecule has 0 bridgehead atoms. The predicted molar refractivity (Wildman–Crippen MR) is 63.6 cm³/mol. The summed E-state index contributed by atoms with van der Waals surface area (Å²) in [4.78, 5) is 2.45. The molecule has 3 aliphatic heterocycles. The number of aliphatic hydroxyl groups excluding tert-OH is 1. The second-order valence-electron chi connectivity index (χ2n) is 5.20. The normalized spacial score (nSPS) is 35.9. The van der Waals surface area contributed by atoms with E-state index in [1.165, 1.54) is 12.8 Å². The van der Waals surface area contributed by atoms with Crippen molar-refractivity contribution in [1.29, 1.82) is 0 Å². The molecule has 2 fully saturated rings. The van der Waals surface area contributed by atoms with Gasteiger partial charge in [0, 0.05) is 12.6 Å². The number of fused-ring (bicyclic) bond motifs is 1. The molecular weight excluding hydrogens is 218 g/mol. The zero-order valence-electron chi connectivity index (χ0n) is 10.2. The quantitative estimate of drug-likeness (QED) is 0.777. The summed E-state index contributed by atoms with van der Waals surface area (Å²) in [5.74, 6) is 0.721. The van der Waals surface area contributed by atoms with Gasteiger partial charge in [0.15, 0.2) is 0 Å². The first kappa shape index (κ1) is 11.5. The first-order chi connectivity index (χ1) is 8.34. The van der Waals surface area contributed by atoms with Gasteiger partial charge in [-0.05, 0) is 38.3 Å². The maximum Gasteiger partial charge on any atom is 0.138 e. The Bertz CT molecular complexity index is 305. The van der Waals surface area contributed by atoms with E-state index in [-0.39, 0.29) is 6.10 Å². The first-order valence-corrected chi connectivity index (χ1v) is 6.71. The van der Waals surface area contributed by atoms with Crippen LogP contribution in [0.3, 0.4) is 0 Å². The molecule has 3 atom stereocenters. The fourth-order valence-electron chi connectivity index (χ4n) is 3.00. The van der Waals surface area contributed by atoms with Crippen LogP contribution >= 0.6 is 0 Å². The van der Waals surface area contributed by atoms with Crippen LogP contribution in [-0.4, -0.2) is 54.6 Å². The Balaban J connectivity index is 1.62. The van der Waals surface area contributed by atoms with Crippen LogP contribution in [0.1, 0.15) is 25.7 Å². The maximum absolute atomic E-state index is 10.3. The fraction of sp³-hybridized carbons (Fsp3) is 0.846. The SMILES string of the molecule is OC(C1=CCCCO1)C1CN2CCCC2CO1. The van der Waals surface area contributed by atoms with Crippen molar-refractivity contribution in [1.82, 2.24) is 4.90 Å². The Hall–Kier alpha value is -0.580. The van der Waals surface area contributed by atoms with Crippen molar-refractivity contribution in [3.05, 3.63) is 11.8 Å². The minimum atomic E-state index is -0.586. The highest BCUT2D eigenvalue weighted by molar-refractivity contribution is 5.06. The average molecular weight is 239 g/mol. The topological polar surface area (TPSA) is 41.9 Å². The molecule has 3 rings (SSSR count). The van der Waals surface area contributed by atoms with Crippen LogP contribution in [0.4, 0.5) is 0 Å². The van der Waals surface area contributed by atoms with E-state index in [4.69, 9.17) is 9.47 Å². The summed E-state index contributed by atoms with van der Waals surface area (Å²) in [6.07, 6.45) is 5.86. The predicted octanol–water partition coefficient (Wildman–Crippen LogP) is 0.905. The molecule has 0 aromatic rings. The van der Waals surface area contributed by atoms with Crippen LogP contribution in [0.15, 0.2) is 11.8 Å². The summed E-state index contributed by atoms with van der Waals surface area (Å²) in [7, 11) is 0. The van der Waals surface area contributed by atoms with Gasteiger partial charge in [-0.15, -0.1) is 0 Å². The fourth-order valence-corrected chi connectivity index (χ4v) is 3.00. The van der Waals surface area contributed by atoms with Crippen molar-refractivity contribution >= 4 is 0 Å². The standard InChI is InChI=1S/C13H21NO3/c15-13(11-5-1-2-7-16-11)12-8-14-6-3-4-10(14)9-17-12/h5,10,12-13,15H,1-4,6-9H2. The second-order valence-corrected chi connectivity index (χ2v) is 5.20. The summed E-state index contributed by atoms with van der Waals surface area (Å²) in [5.41, 5.74) is 0. The zero-order chi connectivity index (χ0) is 11.7. The van der Waals surface area contributed by atoms with Gasteiger partial charge in [0.1, 0.15) is 18.0 Å². The van der Waals surface area contributed by atoms with Gasteiger partial charge in [-0.1, -0.05) is 0 Å².